The quantitative estimate of drug-likeness (QED) is 0.822. The van der Waals surface area contributed by atoms with E-state index in [-0.39, 0.29) is 12.1 Å². The maximum absolute atomic E-state index is 12.4. The summed E-state index contributed by atoms with van der Waals surface area (Å²) in [5.41, 5.74) is 1.40. The van der Waals surface area contributed by atoms with E-state index >= 15 is 0 Å². The number of hydrogen-bond acceptors (Lipinski definition) is 3. The van der Waals surface area contributed by atoms with E-state index in [9.17, 15) is 8.42 Å². The van der Waals surface area contributed by atoms with Gasteiger partial charge in [0.1, 0.15) is 0 Å². The van der Waals surface area contributed by atoms with Crippen LogP contribution in [0.3, 0.4) is 0 Å². The van der Waals surface area contributed by atoms with E-state index in [1.165, 1.54) is 5.56 Å². The van der Waals surface area contributed by atoms with Gasteiger partial charge >= 0.3 is 10.3 Å². The zero-order chi connectivity index (χ0) is 16.7. The van der Waals surface area contributed by atoms with Crippen LogP contribution < -0.4 is 0 Å². The predicted molar refractivity (Wildman–Crippen MR) is 93.7 cm³/mol. The number of hydrogen-bond donors (Lipinski definition) is 0. The Balaban J connectivity index is 1.58. The Morgan fingerprint density at radius 3 is 2.75 bits per heavy atom. The third kappa shape index (κ3) is 3.02. The molecule has 4 nitrogen and oxygen atoms in total. The van der Waals surface area contributed by atoms with Crippen LogP contribution in [0.5, 0.6) is 0 Å². The Labute approximate surface area is 145 Å². The summed E-state index contributed by atoms with van der Waals surface area (Å²) >= 11 is 0. The van der Waals surface area contributed by atoms with Crippen LogP contribution in [-0.4, -0.2) is 31.4 Å². The fraction of sp³-hybridized carbons (Fsp3) is 0.684. The minimum absolute atomic E-state index is 0.0783. The smallest absolute Gasteiger partial charge is 0.253 e. The summed E-state index contributed by atoms with van der Waals surface area (Å²) in [6.45, 7) is 2.91. The lowest BCUT2D eigenvalue weighted by atomic mass is 9.71. The average Bonchev–Trinajstić information content (AvgIpc) is 2.82. The first-order chi connectivity index (χ1) is 11.5. The molecular formula is C19H27NO3S. The zero-order valence-electron chi connectivity index (χ0n) is 14.3. The summed E-state index contributed by atoms with van der Waals surface area (Å²) in [5, 5.41) is 0. The van der Waals surface area contributed by atoms with Crippen molar-refractivity contribution in [2.45, 2.75) is 57.6 Å². The van der Waals surface area contributed by atoms with Crippen molar-refractivity contribution in [1.29, 1.82) is 0 Å². The third-order valence-electron chi connectivity index (χ3n) is 6.35. The van der Waals surface area contributed by atoms with E-state index < -0.39 is 10.3 Å². The van der Waals surface area contributed by atoms with Gasteiger partial charge < -0.3 is 0 Å². The summed E-state index contributed by atoms with van der Waals surface area (Å²) < 4.78 is 31.9. The van der Waals surface area contributed by atoms with Gasteiger partial charge in [-0.05, 0) is 55.4 Å². The molecule has 1 aromatic rings. The zero-order valence-corrected chi connectivity index (χ0v) is 15.1. The Hall–Kier alpha value is -0.910. The van der Waals surface area contributed by atoms with Gasteiger partial charge in [-0.15, -0.1) is 0 Å². The Morgan fingerprint density at radius 1 is 1.17 bits per heavy atom. The van der Waals surface area contributed by atoms with Crippen LogP contribution in [0.1, 0.15) is 44.6 Å². The van der Waals surface area contributed by atoms with Gasteiger partial charge in [0, 0.05) is 6.54 Å². The molecule has 0 radical (unpaired) electrons. The van der Waals surface area contributed by atoms with Gasteiger partial charge in [-0.3, -0.25) is 4.18 Å². The van der Waals surface area contributed by atoms with Crippen LogP contribution in [-0.2, 0) is 20.9 Å². The molecule has 1 aliphatic carbocycles. The molecule has 3 unspecified atom stereocenters. The van der Waals surface area contributed by atoms with Crippen LogP contribution in [0.15, 0.2) is 30.3 Å². The van der Waals surface area contributed by atoms with E-state index in [0.717, 1.165) is 38.5 Å². The summed E-state index contributed by atoms with van der Waals surface area (Å²) in [6.07, 6.45) is 6.14. The molecule has 1 aromatic carbocycles. The second kappa shape index (κ2) is 6.43. The maximum Gasteiger partial charge on any atom is 0.339 e. The maximum atomic E-state index is 12.4. The van der Waals surface area contributed by atoms with E-state index in [4.69, 9.17) is 4.18 Å². The van der Waals surface area contributed by atoms with Crippen LogP contribution in [0.4, 0.5) is 0 Å². The SMILES string of the molecule is CC1CCN2[C@@H]3C(CCC[C@@H]3OS2(=O)=O)CC1Cc1ccccc1. The first-order valence-corrected chi connectivity index (χ1v) is 10.6. The fourth-order valence-electron chi connectivity index (χ4n) is 5.02. The van der Waals surface area contributed by atoms with Gasteiger partial charge in [0.2, 0.25) is 0 Å². The number of rotatable bonds is 2. The van der Waals surface area contributed by atoms with E-state index in [1.54, 1.807) is 4.31 Å². The van der Waals surface area contributed by atoms with Crippen molar-refractivity contribution in [3.8, 4) is 0 Å². The molecule has 0 bridgehead atoms. The average molecular weight is 349 g/mol. The van der Waals surface area contributed by atoms with Crippen molar-refractivity contribution in [1.82, 2.24) is 4.31 Å². The van der Waals surface area contributed by atoms with Crippen molar-refractivity contribution in [2.24, 2.45) is 17.8 Å². The molecule has 2 heterocycles. The van der Waals surface area contributed by atoms with Crippen LogP contribution in [0.25, 0.3) is 0 Å². The van der Waals surface area contributed by atoms with Gasteiger partial charge in [-0.25, -0.2) is 0 Å². The summed E-state index contributed by atoms with van der Waals surface area (Å²) in [4.78, 5) is 0. The number of benzene rings is 1. The van der Waals surface area contributed by atoms with Crippen LogP contribution >= 0.6 is 0 Å². The molecule has 0 aromatic heterocycles. The molecule has 4 rings (SSSR count). The Bertz CT molecular complexity index is 675. The second-order valence-corrected chi connectivity index (χ2v) is 9.35. The highest BCUT2D eigenvalue weighted by Gasteiger charge is 2.52. The first kappa shape index (κ1) is 16.6. The van der Waals surface area contributed by atoms with Crippen molar-refractivity contribution >= 4 is 10.3 Å². The van der Waals surface area contributed by atoms with Crippen molar-refractivity contribution in [2.75, 3.05) is 6.54 Å². The van der Waals surface area contributed by atoms with Gasteiger partial charge in [-0.2, -0.15) is 12.7 Å². The van der Waals surface area contributed by atoms with Gasteiger partial charge in [0.25, 0.3) is 0 Å². The third-order valence-corrected chi connectivity index (χ3v) is 7.84. The minimum atomic E-state index is -3.51. The van der Waals surface area contributed by atoms with Crippen molar-refractivity contribution < 1.29 is 12.6 Å². The molecule has 132 valence electrons. The molecular weight excluding hydrogens is 322 g/mol. The molecule has 0 N–H and O–H groups in total. The lowest BCUT2D eigenvalue weighted by Crippen LogP contribution is -2.48. The van der Waals surface area contributed by atoms with Gasteiger partial charge in [0.15, 0.2) is 0 Å². The van der Waals surface area contributed by atoms with Crippen molar-refractivity contribution in [3.63, 3.8) is 0 Å². The van der Waals surface area contributed by atoms with Gasteiger partial charge in [-0.1, -0.05) is 43.7 Å². The van der Waals surface area contributed by atoms with E-state index in [0.29, 0.717) is 24.3 Å². The molecule has 3 fully saturated rings. The minimum Gasteiger partial charge on any atom is -0.253 e. The van der Waals surface area contributed by atoms with Crippen LogP contribution in [0.2, 0.25) is 0 Å². The molecule has 24 heavy (non-hydrogen) atoms. The molecule has 5 atom stereocenters. The number of nitrogens with zero attached hydrogens (tertiary/aromatic N) is 1. The Kier molecular flexibility index (Phi) is 4.43. The monoisotopic (exact) mass is 349 g/mol. The molecule has 5 heteroatoms. The van der Waals surface area contributed by atoms with Gasteiger partial charge in [0.05, 0.1) is 12.1 Å². The van der Waals surface area contributed by atoms with Crippen molar-refractivity contribution in [3.05, 3.63) is 35.9 Å². The molecule has 2 saturated heterocycles. The summed E-state index contributed by atoms with van der Waals surface area (Å²) in [6, 6.07) is 10.8. The fourth-order valence-corrected chi connectivity index (χ4v) is 6.59. The highest BCUT2D eigenvalue weighted by atomic mass is 32.2. The standard InChI is InChI=1S/C19H27NO3S/c1-14-10-11-20-19-16(8-5-9-18(19)23-24(20,21)22)13-17(14)12-15-6-3-2-4-7-15/h2-4,6-7,14,16-19H,5,8-13H2,1H3/t14?,16?,17?,18-,19+/m0/s1. The molecule has 3 aliphatic rings. The molecule has 1 saturated carbocycles. The summed E-state index contributed by atoms with van der Waals surface area (Å²) in [7, 11) is -3.51. The van der Waals surface area contributed by atoms with Crippen LogP contribution in [0, 0.1) is 17.8 Å². The first-order valence-electron chi connectivity index (χ1n) is 9.28. The lowest BCUT2D eigenvalue weighted by Gasteiger charge is -2.41. The molecule has 0 amide bonds. The second-order valence-electron chi connectivity index (χ2n) is 7.84. The summed E-state index contributed by atoms with van der Waals surface area (Å²) in [5.74, 6) is 1.60. The molecule has 2 aliphatic heterocycles. The topological polar surface area (TPSA) is 46.6 Å². The largest absolute Gasteiger partial charge is 0.339 e. The highest BCUT2D eigenvalue weighted by Crippen LogP contribution is 2.44. The molecule has 0 spiro atoms. The van der Waals surface area contributed by atoms with E-state index in [2.05, 4.69) is 37.3 Å². The lowest BCUT2D eigenvalue weighted by molar-refractivity contribution is 0.0630. The Morgan fingerprint density at radius 2 is 1.96 bits per heavy atom. The highest BCUT2D eigenvalue weighted by molar-refractivity contribution is 7.84. The normalized spacial score (nSPS) is 39.0. The predicted octanol–water partition coefficient (Wildman–Crippen LogP) is 3.39. The van der Waals surface area contributed by atoms with E-state index in [1.807, 2.05) is 0 Å².